The van der Waals surface area contributed by atoms with Gasteiger partial charge in [0.25, 0.3) is 0 Å². The maximum absolute atomic E-state index is 12.9. The summed E-state index contributed by atoms with van der Waals surface area (Å²) in [7, 11) is 0. The Hall–Kier alpha value is -2.70. The summed E-state index contributed by atoms with van der Waals surface area (Å²) in [5.41, 5.74) is 5.35. The molecule has 2 aromatic carbocycles. The normalized spacial score (nSPS) is 12.2. The SMILES string of the molecule is CC[C@H](NC(=O)Cn1c(-c2cscn2)nc2ccccc21)c1ccc(Cl)cc1. The van der Waals surface area contributed by atoms with E-state index >= 15 is 0 Å². The van der Waals surface area contributed by atoms with Crippen LogP contribution in [-0.2, 0) is 11.3 Å². The number of imidazole rings is 1. The largest absolute Gasteiger partial charge is 0.348 e. The number of fused-ring (bicyclic) bond motifs is 1. The third kappa shape index (κ3) is 3.79. The van der Waals surface area contributed by atoms with Gasteiger partial charge in [-0.05, 0) is 36.2 Å². The standard InChI is InChI=1S/C21H19ClN4OS/c1-2-16(14-7-9-15(22)10-8-14)24-20(27)11-26-19-6-4-3-5-17(19)25-21(26)18-12-28-13-23-18/h3-10,12-13,16H,2,11H2,1H3,(H,24,27)/t16-/m0/s1. The van der Waals surface area contributed by atoms with Gasteiger partial charge in [-0.25, -0.2) is 9.97 Å². The molecule has 0 unspecified atom stereocenters. The molecule has 142 valence electrons. The maximum Gasteiger partial charge on any atom is 0.240 e. The van der Waals surface area contributed by atoms with Gasteiger partial charge >= 0.3 is 0 Å². The van der Waals surface area contributed by atoms with Gasteiger partial charge in [0.1, 0.15) is 12.2 Å². The first kappa shape index (κ1) is 18.7. The number of halogens is 1. The zero-order valence-electron chi connectivity index (χ0n) is 15.3. The molecule has 28 heavy (non-hydrogen) atoms. The van der Waals surface area contributed by atoms with Crippen molar-refractivity contribution in [3.8, 4) is 11.5 Å². The molecule has 1 amide bonds. The van der Waals surface area contributed by atoms with Gasteiger partial charge in [-0.2, -0.15) is 0 Å². The Kier molecular flexibility index (Phi) is 5.41. The van der Waals surface area contributed by atoms with Crippen molar-refractivity contribution in [2.45, 2.75) is 25.9 Å². The predicted molar refractivity (Wildman–Crippen MR) is 113 cm³/mol. The molecule has 2 aromatic heterocycles. The van der Waals surface area contributed by atoms with Gasteiger partial charge in [0.05, 0.1) is 22.6 Å². The monoisotopic (exact) mass is 410 g/mol. The van der Waals surface area contributed by atoms with Crippen LogP contribution in [0.4, 0.5) is 0 Å². The molecule has 0 bridgehead atoms. The number of aromatic nitrogens is 3. The van der Waals surface area contributed by atoms with E-state index in [9.17, 15) is 4.79 Å². The number of benzene rings is 2. The van der Waals surface area contributed by atoms with Gasteiger partial charge in [0.15, 0.2) is 5.82 Å². The second-order valence-electron chi connectivity index (χ2n) is 6.46. The van der Waals surface area contributed by atoms with Gasteiger partial charge in [-0.15, -0.1) is 11.3 Å². The van der Waals surface area contributed by atoms with Crippen molar-refractivity contribution in [3.05, 3.63) is 70.0 Å². The van der Waals surface area contributed by atoms with Crippen LogP contribution < -0.4 is 5.32 Å². The highest BCUT2D eigenvalue weighted by molar-refractivity contribution is 7.07. The lowest BCUT2D eigenvalue weighted by Crippen LogP contribution is -2.31. The van der Waals surface area contributed by atoms with Crippen LogP contribution in [0.2, 0.25) is 5.02 Å². The number of hydrogen-bond donors (Lipinski definition) is 1. The summed E-state index contributed by atoms with van der Waals surface area (Å²) in [6, 6.07) is 15.3. The van der Waals surface area contributed by atoms with Crippen molar-refractivity contribution < 1.29 is 4.79 Å². The minimum atomic E-state index is -0.0681. The molecule has 1 N–H and O–H groups in total. The molecular formula is C21H19ClN4OS. The number of carbonyl (C=O) groups excluding carboxylic acids is 1. The number of nitrogens with one attached hydrogen (secondary N) is 1. The average molecular weight is 411 g/mol. The minimum absolute atomic E-state index is 0.0673. The molecule has 7 heteroatoms. The highest BCUT2D eigenvalue weighted by Gasteiger charge is 2.18. The Labute approximate surface area is 172 Å². The summed E-state index contributed by atoms with van der Waals surface area (Å²) in [5.74, 6) is 0.638. The van der Waals surface area contributed by atoms with Gasteiger partial charge in [-0.1, -0.05) is 42.8 Å². The minimum Gasteiger partial charge on any atom is -0.348 e. The van der Waals surface area contributed by atoms with E-state index in [-0.39, 0.29) is 18.5 Å². The lowest BCUT2D eigenvalue weighted by atomic mass is 10.0. The van der Waals surface area contributed by atoms with E-state index in [0.717, 1.165) is 28.7 Å². The first-order chi connectivity index (χ1) is 13.7. The highest BCUT2D eigenvalue weighted by atomic mass is 35.5. The number of para-hydroxylation sites is 2. The van der Waals surface area contributed by atoms with E-state index in [1.807, 2.05) is 65.4 Å². The third-order valence-corrected chi connectivity index (χ3v) is 5.47. The van der Waals surface area contributed by atoms with Crippen molar-refractivity contribution in [1.29, 1.82) is 0 Å². The van der Waals surface area contributed by atoms with Crippen molar-refractivity contribution in [3.63, 3.8) is 0 Å². The van der Waals surface area contributed by atoms with Gasteiger partial charge in [0, 0.05) is 10.4 Å². The molecule has 0 aliphatic carbocycles. The molecule has 5 nitrogen and oxygen atoms in total. The van der Waals surface area contributed by atoms with Crippen LogP contribution in [0.3, 0.4) is 0 Å². The van der Waals surface area contributed by atoms with Crippen LogP contribution in [0.15, 0.2) is 59.4 Å². The summed E-state index contributed by atoms with van der Waals surface area (Å²) in [4.78, 5) is 21.9. The van der Waals surface area contributed by atoms with E-state index in [4.69, 9.17) is 11.6 Å². The number of amides is 1. The topological polar surface area (TPSA) is 59.8 Å². The van der Waals surface area contributed by atoms with Gasteiger partial charge in [-0.3, -0.25) is 4.79 Å². The van der Waals surface area contributed by atoms with Crippen LogP contribution in [0.25, 0.3) is 22.6 Å². The van der Waals surface area contributed by atoms with Crippen molar-refractivity contribution in [2.75, 3.05) is 0 Å². The zero-order chi connectivity index (χ0) is 19.5. The fourth-order valence-corrected chi connectivity index (χ4v) is 3.91. The molecule has 0 saturated heterocycles. The van der Waals surface area contributed by atoms with E-state index in [2.05, 4.69) is 15.3 Å². The fourth-order valence-electron chi connectivity index (χ4n) is 3.25. The van der Waals surface area contributed by atoms with E-state index in [1.54, 1.807) is 5.51 Å². The Balaban J connectivity index is 1.61. The van der Waals surface area contributed by atoms with Crippen molar-refractivity contribution in [2.24, 2.45) is 0 Å². The summed E-state index contributed by atoms with van der Waals surface area (Å²) >= 11 is 7.49. The number of nitrogens with zero attached hydrogens (tertiary/aromatic N) is 3. The molecule has 0 aliphatic rings. The second kappa shape index (κ2) is 8.12. The lowest BCUT2D eigenvalue weighted by molar-refractivity contribution is -0.122. The van der Waals surface area contributed by atoms with Crippen LogP contribution in [-0.4, -0.2) is 20.4 Å². The molecule has 1 atom stereocenters. The van der Waals surface area contributed by atoms with Gasteiger partial charge < -0.3 is 9.88 Å². The number of rotatable bonds is 6. The molecule has 4 rings (SSSR count). The Morgan fingerprint density at radius 1 is 1.21 bits per heavy atom. The van der Waals surface area contributed by atoms with Crippen LogP contribution in [0.1, 0.15) is 24.9 Å². The molecule has 0 radical (unpaired) electrons. The van der Waals surface area contributed by atoms with Gasteiger partial charge in [0.2, 0.25) is 5.91 Å². The number of carbonyl (C=O) groups is 1. The van der Waals surface area contributed by atoms with Crippen LogP contribution in [0.5, 0.6) is 0 Å². The Morgan fingerprint density at radius 2 is 2.00 bits per heavy atom. The third-order valence-electron chi connectivity index (χ3n) is 4.63. The maximum atomic E-state index is 12.9. The van der Waals surface area contributed by atoms with E-state index in [1.165, 1.54) is 11.3 Å². The summed E-state index contributed by atoms with van der Waals surface area (Å²) in [6.07, 6.45) is 0.789. The number of thiazole rings is 1. The smallest absolute Gasteiger partial charge is 0.240 e. The second-order valence-corrected chi connectivity index (χ2v) is 7.62. The molecule has 2 heterocycles. The molecule has 0 saturated carbocycles. The summed E-state index contributed by atoms with van der Waals surface area (Å²) in [5, 5.41) is 5.76. The Bertz CT molecular complexity index is 1090. The lowest BCUT2D eigenvalue weighted by Gasteiger charge is -2.18. The van der Waals surface area contributed by atoms with E-state index < -0.39 is 0 Å². The highest BCUT2D eigenvalue weighted by Crippen LogP contribution is 2.25. The fraction of sp³-hybridized carbons (Fsp3) is 0.190. The molecular weight excluding hydrogens is 392 g/mol. The number of hydrogen-bond acceptors (Lipinski definition) is 4. The van der Waals surface area contributed by atoms with Crippen LogP contribution >= 0.6 is 22.9 Å². The molecule has 0 fully saturated rings. The van der Waals surface area contributed by atoms with Crippen LogP contribution in [0, 0.1) is 0 Å². The molecule has 4 aromatic rings. The first-order valence-corrected chi connectivity index (χ1v) is 10.4. The zero-order valence-corrected chi connectivity index (χ0v) is 16.9. The molecule has 0 spiro atoms. The van der Waals surface area contributed by atoms with E-state index in [0.29, 0.717) is 10.8 Å². The first-order valence-electron chi connectivity index (χ1n) is 9.04. The van der Waals surface area contributed by atoms with Crippen molar-refractivity contribution >= 4 is 39.9 Å². The summed E-state index contributed by atoms with van der Waals surface area (Å²) in [6.45, 7) is 2.23. The van der Waals surface area contributed by atoms with Crippen molar-refractivity contribution in [1.82, 2.24) is 19.9 Å². The molecule has 0 aliphatic heterocycles. The Morgan fingerprint density at radius 3 is 2.71 bits per heavy atom. The predicted octanol–water partition coefficient (Wildman–Crippen LogP) is 5.08. The summed E-state index contributed by atoms with van der Waals surface area (Å²) < 4.78 is 1.92. The quantitative estimate of drug-likeness (QED) is 0.482. The average Bonchev–Trinajstić information content (AvgIpc) is 3.35.